The number of hydrogen-bond donors (Lipinski definition) is 1. The van der Waals surface area contributed by atoms with Crippen molar-refractivity contribution in [2.24, 2.45) is 0 Å². The van der Waals surface area contributed by atoms with Crippen LogP contribution in [0.2, 0.25) is 5.02 Å². The summed E-state index contributed by atoms with van der Waals surface area (Å²) < 4.78 is 69.1. The van der Waals surface area contributed by atoms with Crippen LogP contribution in [0.1, 0.15) is 5.56 Å². The molecule has 0 spiro atoms. The highest BCUT2D eigenvalue weighted by molar-refractivity contribution is 7.89. The summed E-state index contributed by atoms with van der Waals surface area (Å²) in [7, 11) is -3.62. The molecular formula is C13H15ClF3N3O5S. The van der Waals surface area contributed by atoms with Crippen LogP contribution in [0.5, 0.6) is 0 Å². The highest BCUT2D eigenvalue weighted by Crippen LogP contribution is 2.40. The molecule has 2 rings (SSSR count). The third-order valence-electron chi connectivity index (χ3n) is 3.63. The number of nitro groups is 1. The second-order valence-corrected chi connectivity index (χ2v) is 7.85. The topological polar surface area (TPSA) is 102 Å². The van der Waals surface area contributed by atoms with Gasteiger partial charge in [0.2, 0.25) is 10.0 Å². The fourth-order valence-electron chi connectivity index (χ4n) is 2.34. The standard InChI is InChI=1S/C13H15ClF3N3O5S/c14-10-8-11(12(20(21)22)7-9(10)13(15,16)17)18-1-6-26(23,24)19-2-4-25-5-3-19/h7-8,18H,1-6H2. The van der Waals surface area contributed by atoms with E-state index in [4.69, 9.17) is 16.3 Å². The third kappa shape index (κ3) is 4.96. The Labute approximate surface area is 152 Å². The van der Waals surface area contributed by atoms with Crippen LogP contribution >= 0.6 is 11.6 Å². The van der Waals surface area contributed by atoms with Crippen molar-refractivity contribution >= 4 is 33.0 Å². The molecule has 0 bridgehead atoms. The summed E-state index contributed by atoms with van der Waals surface area (Å²) in [5.41, 5.74) is -2.46. The molecule has 0 radical (unpaired) electrons. The van der Waals surface area contributed by atoms with E-state index in [1.54, 1.807) is 0 Å². The molecule has 1 aliphatic rings. The van der Waals surface area contributed by atoms with Gasteiger partial charge in [-0.25, -0.2) is 8.42 Å². The van der Waals surface area contributed by atoms with Crippen molar-refractivity contribution in [1.29, 1.82) is 0 Å². The van der Waals surface area contributed by atoms with E-state index in [1.807, 2.05) is 0 Å². The molecule has 1 aromatic rings. The minimum atomic E-state index is -4.85. The molecule has 1 aromatic carbocycles. The van der Waals surface area contributed by atoms with Gasteiger partial charge >= 0.3 is 6.18 Å². The first kappa shape index (κ1) is 20.7. The normalized spacial score (nSPS) is 16.5. The lowest BCUT2D eigenvalue weighted by Gasteiger charge is -2.26. The van der Waals surface area contributed by atoms with Gasteiger partial charge < -0.3 is 10.1 Å². The molecule has 8 nitrogen and oxygen atoms in total. The molecule has 146 valence electrons. The molecule has 0 atom stereocenters. The van der Waals surface area contributed by atoms with Gasteiger partial charge in [0.1, 0.15) is 5.69 Å². The number of benzene rings is 1. The van der Waals surface area contributed by atoms with Crippen molar-refractivity contribution in [2.45, 2.75) is 6.18 Å². The summed E-state index contributed by atoms with van der Waals surface area (Å²) in [5.74, 6) is -0.386. The molecule has 0 aromatic heterocycles. The van der Waals surface area contributed by atoms with Gasteiger partial charge in [0.15, 0.2) is 0 Å². The van der Waals surface area contributed by atoms with Gasteiger partial charge in [0.25, 0.3) is 5.69 Å². The molecule has 13 heteroatoms. The van der Waals surface area contributed by atoms with Crippen LogP contribution in [0.15, 0.2) is 12.1 Å². The van der Waals surface area contributed by atoms with Crippen molar-refractivity contribution in [3.8, 4) is 0 Å². The number of rotatable bonds is 6. The summed E-state index contributed by atoms with van der Waals surface area (Å²) in [4.78, 5) is 10.0. The number of sulfonamides is 1. The Morgan fingerprint density at radius 1 is 1.31 bits per heavy atom. The second-order valence-electron chi connectivity index (χ2n) is 5.36. The van der Waals surface area contributed by atoms with Gasteiger partial charge in [-0.3, -0.25) is 10.1 Å². The molecule has 0 amide bonds. The quantitative estimate of drug-likeness (QED) is 0.563. The largest absolute Gasteiger partial charge is 0.418 e. The predicted octanol–water partition coefficient (Wildman–Crippen LogP) is 2.34. The van der Waals surface area contributed by atoms with E-state index in [2.05, 4.69) is 5.32 Å². The number of nitrogens with zero attached hydrogens (tertiary/aromatic N) is 2. The molecular weight excluding hydrogens is 403 g/mol. The zero-order valence-electron chi connectivity index (χ0n) is 13.3. The van der Waals surface area contributed by atoms with E-state index in [1.165, 1.54) is 4.31 Å². The molecule has 0 aliphatic carbocycles. The highest BCUT2D eigenvalue weighted by atomic mass is 35.5. The van der Waals surface area contributed by atoms with Crippen molar-refractivity contribution in [3.05, 3.63) is 32.8 Å². The van der Waals surface area contributed by atoms with Crippen LogP contribution in [0.4, 0.5) is 24.5 Å². The van der Waals surface area contributed by atoms with Crippen LogP contribution in [0.25, 0.3) is 0 Å². The molecule has 1 aliphatic heterocycles. The zero-order chi connectivity index (χ0) is 19.5. The number of nitro benzene ring substituents is 1. The van der Waals surface area contributed by atoms with Crippen LogP contribution in [-0.4, -0.2) is 56.2 Å². The monoisotopic (exact) mass is 417 g/mol. The van der Waals surface area contributed by atoms with Gasteiger partial charge in [-0.15, -0.1) is 0 Å². The van der Waals surface area contributed by atoms with Crippen LogP contribution in [-0.2, 0) is 20.9 Å². The molecule has 1 heterocycles. The first-order valence-corrected chi connectivity index (χ1v) is 9.35. The summed E-state index contributed by atoms with van der Waals surface area (Å²) in [5, 5.41) is 12.8. The summed E-state index contributed by atoms with van der Waals surface area (Å²) in [6, 6.07) is 1.09. The summed E-state index contributed by atoms with van der Waals surface area (Å²) in [6.07, 6.45) is -4.85. The number of halogens is 4. The predicted molar refractivity (Wildman–Crippen MR) is 87.8 cm³/mol. The average Bonchev–Trinajstić information content (AvgIpc) is 2.54. The Morgan fingerprint density at radius 3 is 2.46 bits per heavy atom. The molecule has 0 unspecified atom stereocenters. The lowest BCUT2D eigenvalue weighted by atomic mass is 10.1. The Morgan fingerprint density at radius 2 is 1.92 bits per heavy atom. The van der Waals surface area contributed by atoms with E-state index in [-0.39, 0.29) is 44.3 Å². The number of hydrogen-bond acceptors (Lipinski definition) is 6. The Kier molecular flexibility index (Phi) is 6.32. The number of anilines is 1. The molecule has 1 N–H and O–H groups in total. The first-order valence-electron chi connectivity index (χ1n) is 7.37. The fraction of sp³-hybridized carbons (Fsp3) is 0.538. The van der Waals surface area contributed by atoms with E-state index in [0.717, 1.165) is 6.07 Å². The summed E-state index contributed by atoms with van der Waals surface area (Å²) in [6.45, 7) is 0.713. The van der Waals surface area contributed by atoms with Crippen LogP contribution in [0, 0.1) is 10.1 Å². The lowest BCUT2D eigenvalue weighted by Crippen LogP contribution is -2.42. The van der Waals surface area contributed by atoms with Crippen molar-refractivity contribution in [2.75, 3.05) is 43.9 Å². The van der Waals surface area contributed by atoms with Gasteiger partial charge in [-0.2, -0.15) is 17.5 Å². The van der Waals surface area contributed by atoms with Gasteiger partial charge in [0, 0.05) is 25.7 Å². The maximum atomic E-state index is 12.8. The lowest BCUT2D eigenvalue weighted by molar-refractivity contribution is -0.384. The zero-order valence-corrected chi connectivity index (χ0v) is 14.8. The van der Waals surface area contributed by atoms with Gasteiger partial charge in [-0.1, -0.05) is 11.6 Å². The highest BCUT2D eigenvalue weighted by Gasteiger charge is 2.36. The van der Waals surface area contributed by atoms with Gasteiger partial charge in [-0.05, 0) is 6.07 Å². The van der Waals surface area contributed by atoms with Crippen molar-refractivity contribution in [3.63, 3.8) is 0 Å². The van der Waals surface area contributed by atoms with E-state index >= 15 is 0 Å². The number of alkyl halides is 3. The third-order valence-corrected chi connectivity index (χ3v) is 5.81. The first-order chi connectivity index (χ1) is 12.0. The number of ether oxygens (including phenoxy) is 1. The molecule has 26 heavy (non-hydrogen) atoms. The number of nitrogens with one attached hydrogen (secondary N) is 1. The minimum absolute atomic E-state index is 0.203. The molecule has 1 saturated heterocycles. The molecule has 0 saturated carbocycles. The number of morpholine rings is 1. The fourth-order valence-corrected chi connectivity index (χ4v) is 3.93. The van der Waals surface area contributed by atoms with E-state index in [0.29, 0.717) is 6.07 Å². The van der Waals surface area contributed by atoms with Crippen molar-refractivity contribution in [1.82, 2.24) is 4.31 Å². The Balaban J connectivity index is 2.14. The van der Waals surface area contributed by atoms with Crippen LogP contribution < -0.4 is 5.32 Å². The SMILES string of the molecule is O=[N+]([O-])c1cc(C(F)(F)F)c(Cl)cc1NCCS(=O)(=O)N1CCOCC1. The van der Waals surface area contributed by atoms with Crippen LogP contribution in [0.3, 0.4) is 0 Å². The smallest absolute Gasteiger partial charge is 0.379 e. The van der Waals surface area contributed by atoms with E-state index in [9.17, 15) is 31.7 Å². The Hall–Kier alpha value is -1.63. The average molecular weight is 418 g/mol. The second kappa shape index (κ2) is 7.94. The van der Waals surface area contributed by atoms with Gasteiger partial charge in [0.05, 0.1) is 34.5 Å². The Bertz CT molecular complexity index is 782. The molecule has 1 fully saturated rings. The van der Waals surface area contributed by atoms with Crippen molar-refractivity contribution < 1.29 is 31.2 Å². The maximum Gasteiger partial charge on any atom is 0.418 e. The minimum Gasteiger partial charge on any atom is -0.379 e. The summed E-state index contributed by atoms with van der Waals surface area (Å²) >= 11 is 5.56. The maximum absolute atomic E-state index is 12.8. The van der Waals surface area contributed by atoms with E-state index < -0.39 is 37.4 Å².